The lowest BCUT2D eigenvalue weighted by atomic mass is 9.99. The van der Waals surface area contributed by atoms with Crippen molar-refractivity contribution in [1.29, 1.82) is 0 Å². The quantitative estimate of drug-likeness (QED) is 0.697. The Bertz CT molecular complexity index is 314. The average Bonchev–Trinajstić information content (AvgIpc) is 2.61. The van der Waals surface area contributed by atoms with Crippen LogP contribution < -0.4 is 10.6 Å². The van der Waals surface area contributed by atoms with Gasteiger partial charge in [-0.25, -0.2) is 4.79 Å². The summed E-state index contributed by atoms with van der Waals surface area (Å²) in [5.41, 5.74) is 0. The van der Waals surface area contributed by atoms with Gasteiger partial charge in [-0.15, -0.1) is 0 Å². The van der Waals surface area contributed by atoms with E-state index < -0.39 is 0 Å². The Kier molecular flexibility index (Phi) is 4.41. The number of ether oxygens (including phenoxy) is 1. The van der Waals surface area contributed by atoms with Crippen molar-refractivity contribution in [1.82, 2.24) is 15.5 Å². The van der Waals surface area contributed by atoms with Crippen LogP contribution in [0.25, 0.3) is 0 Å². The molecule has 6 heteroatoms. The van der Waals surface area contributed by atoms with E-state index in [1.807, 2.05) is 6.92 Å². The molecule has 2 saturated heterocycles. The first-order chi connectivity index (χ1) is 8.66. The molecule has 2 fully saturated rings. The maximum atomic E-state index is 12.1. The normalized spacial score (nSPS) is 29.4. The van der Waals surface area contributed by atoms with Crippen molar-refractivity contribution >= 4 is 11.9 Å². The van der Waals surface area contributed by atoms with Gasteiger partial charge in [-0.3, -0.25) is 4.79 Å². The summed E-state index contributed by atoms with van der Waals surface area (Å²) in [6.07, 6.45) is 2.08. The summed E-state index contributed by atoms with van der Waals surface area (Å²) in [4.78, 5) is 25.1. The van der Waals surface area contributed by atoms with Gasteiger partial charge in [0, 0.05) is 32.2 Å². The zero-order valence-electron chi connectivity index (χ0n) is 10.8. The number of carbonyl (C=O) groups is 2. The molecule has 0 aromatic carbocycles. The van der Waals surface area contributed by atoms with Crippen LogP contribution in [0, 0.1) is 0 Å². The summed E-state index contributed by atoms with van der Waals surface area (Å²) in [6, 6.07) is -0.0219. The highest BCUT2D eigenvalue weighted by Gasteiger charge is 2.28. The molecule has 2 unspecified atom stereocenters. The SMILES string of the molecule is CC1NC(=O)CCC1NC(=O)N1CCCOCC1. The lowest BCUT2D eigenvalue weighted by Crippen LogP contribution is -2.56. The summed E-state index contributed by atoms with van der Waals surface area (Å²) >= 11 is 0. The molecule has 2 aliphatic heterocycles. The fraction of sp³-hybridized carbons (Fsp3) is 0.833. The summed E-state index contributed by atoms with van der Waals surface area (Å²) in [5.74, 6) is 0.0659. The second-order valence-electron chi connectivity index (χ2n) is 4.90. The lowest BCUT2D eigenvalue weighted by molar-refractivity contribution is -0.123. The minimum atomic E-state index is -0.0477. The van der Waals surface area contributed by atoms with E-state index in [0.717, 1.165) is 19.6 Å². The van der Waals surface area contributed by atoms with Crippen molar-refractivity contribution in [3.63, 3.8) is 0 Å². The number of nitrogens with one attached hydrogen (secondary N) is 2. The molecule has 0 radical (unpaired) electrons. The van der Waals surface area contributed by atoms with E-state index in [9.17, 15) is 9.59 Å². The molecular formula is C12H21N3O3. The Morgan fingerprint density at radius 2 is 2.28 bits per heavy atom. The predicted molar refractivity (Wildman–Crippen MR) is 66.2 cm³/mol. The minimum Gasteiger partial charge on any atom is -0.380 e. The van der Waals surface area contributed by atoms with Crippen LogP contribution in [0.1, 0.15) is 26.2 Å². The molecule has 102 valence electrons. The number of nitrogens with zero attached hydrogens (tertiary/aromatic N) is 1. The summed E-state index contributed by atoms with van der Waals surface area (Å²) < 4.78 is 5.32. The van der Waals surface area contributed by atoms with Gasteiger partial charge >= 0.3 is 6.03 Å². The van der Waals surface area contributed by atoms with Crippen molar-refractivity contribution in [2.45, 2.75) is 38.3 Å². The third kappa shape index (κ3) is 3.35. The Balaban J connectivity index is 1.84. The van der Waals surface area contributed by atoms with Crippen LogP contribution in [-0.2, 0) is 9.53 Å². The molecule has 2 atom stereocenters. The Morgan fingerprint density at radius 1 is 1.44 bits per heavy atom. The van der Waals surface area contributed by atoms with E-state index in [4.69, 9.17) is 4.74 Å². The van der Waals surface area contributed by atoms with E-state index in [1.54, 1.807) is 4.90 Å². The van der Waals surface area contributed by atoms with Gasteiger partial charge in [0.25, 0.3) is 0 Å². The number of amides is 3. The van der Waals surface area contributed by atoms with Gasteiger partial charge in [0.2, 0.25) is 5.91 Å². The van der Waals surface area contributed by atoms with E-state index in [1.165, 1.54) is 0 Å². The van der Waals surface area contributed by atoms with Crippen LogP contribution in [0.4, 0.5) is 4.79 Å². The Hall–Kier alpha value is -1.30. The van der Waals surface area contributed by atoms with Crippen molar-refractivity contribution in [2.24, 2.45) is 0 Å². The van der Waals surface area contributed by atoms with Crippen LogP contribution in [0.5, 0.6) is 0 Å². The van der Waals surface area contributed by atoms with Crippen LogP contribution in [-0.4, -0.2) is 55.2 Å². The van der Waals surface area contributed by atoms with Crippen LogP contribution >= 0.6 is 0 Å². The molecule has 6 nitrogen and oxygen atoms in total. The van der Waals surface area contributed by atoms with Crippen molar-refractivity contribution in [3.8, 4) is 0 Å². The molecule has 3 amide bonds. The molecule has 0 spiro atoms. The number of hydrogen-bond donors (Lipinski definition) is 2. The maximum absolute atomic E-state index is 12.1. The first-order valence-corrected chi connectivity index (χ1v) is 6.59. The molecule has 2 aliphatic rings. The molecule has 0 saturated carbocycles. The predicted octanol–water partition coefficient (Wildman–Crippen LogP) is 0.0854. The van der Waals surface area contributed by atoms with Gasteiger partial charge < -0.3 is 20.3 Å². The number of rotatable bonds is 1. The van der Waals surface area contributed by atoms with E-state index in [2.05, 4.69) is 10.6 Å². The fourth-order valence-corrected chi connectivity index (χ4v) is 2.36. The smallest absolute Gasteiger partial charge is 0.317 e. The number of urea groups is 1. The first kappa shape index (κ1) is 13.1. The molecule has 2 N–H and O–H groups in total. The fourth-order valence-electron chi connectivity index (χ4n) is 2.36. The van der Waals surface area contributed by atoms with E-state index >= 15 is 0 Å². The summed E-state index contributed by atoms with van der Waals surface area (Å²) in [7, 11) is 0. The highest BCUT2D eigenvalue weighted by atomic mass is 16.5. The summed E-state index contributed by atoms with van der Waals surface area (Å²) in [5, 5.41) is 5.86. The monoisotopic (exact) mass is 255 g/mol. The lowest BCUT2D eigenvalue weighted by Gasteiger charge is -2.32. The molecule has 0 bridgehead atoms. The maximum Gasteiger partial charge on any atom is 0.317 e. The highest BCUT2D eigenvalue weighted by Crippen LogP contribution is 2.10. The average molecular weight is 255 g/mol. The van der Waals surface area contributed by atoms with Crippen LogP contribution in [0.15, 0.2) is 0 Å². The Morgan fingerprint density at radius 3 is 3.06 bits per heavy atom. The molecule has 18 heavy (non-hydrogen) atoms. The second-order valence-corrected chi connectivity index (χ2v) is 4.90. The van der Waals surface area contributed by atoms with E-state index in [0.29, 0.717) is 26.0 Å². The number of carbonyl (C=O) groups excluding carboxylic acids is 2. The largest absolute Gasteiger partial charge is 0.380 e. The highest BCUT2D eigenvalue weighted by molar-refractivity contribution is 5.78. The molecule has 2 heterocycles. The topological polar surface area (TPSA) is 70.7 Å². The third-order valence-electron chi connectivity index (χ3n) is 3.49. The molecule has 2 rings (SSSR count). The molecule has 0 aromatic heterocycles. The zero-order valence-corrected chi connectivity index (χ0v) is 10.8. The van der Waals surface area contributed by atoms with Crippen LogP contribution in [0.2, 0.25) is 0 Å². The second kappa shape index (κ2) is 6.04. The van der Waals surface area contributed by atoms with Gasteiger partial charge in [0.15, 0.2) is 0 Å². The standard InChI is InChI=1S/C12H21N3O3/c1-9-10(3-4-11(16)13-9)14-12(17)15-5-2-7-18-8-6-15/h9-10H,2-8H2,1H3,(H,13,16)(H,14,17). The van der Waals surface area contributed by atoms with Gasteiger partial charge in [0.05, 0.1) is 12.6 Å². The number of piperidine rings is 1. The van der Waals surface area contributed by atoms with Gasteiger partial charge in [0.1, 0.15) is 0 Å². The van der Waals surface area contributed by atoms with Crippen molar-refractivity contribution in [2.75, 3.05) is 26.3 Å². The first-order valence-electron chi connectivity index (χ1n) is 6.59. The Labute approximate surface area is 107 Å². The number of hydrogen-bond acceptors (Lipinski definition) is 3. The van der Waals surface area contributed by atoms with Gasteiger partial charge in [-0.05, 0) is 19.8 Å². The summed E-state index contributed by atoms with van der Waals surface area (Å²) in [6.45, 7) is 4.62. The third-order valence-corrected chi connectivity index (χ3v) is 3.49. The molecule has 0 aliphatic carbocycles. The molecule has 0 aromatic rings. The van der Waals surface area contributed by atoms with Gasteiger partial charge in [-0.1, -0.05) is 0 Å². The van der Waals surface area contributed by atoms with Gasteiger partial charge in [-0.2, -0.15) is 0 Å². The molecular weight excluding hydrogens is 234 g/mol. The van der Waals surface area contributed by atoms with Crippen LogP contribution in [0.3, 0.4) is 0 Å². The van der Waals surface area contributed by atoms with E-state index in [-0.39, 0.29) is 24.0 Å². The minimum absolute atomic E-state index is 0.00146. The van der Waals surface area contributed by atoms with Crippen molar-refractivity contribution in [3.05, 3.63) is 0 Å². The zero-order chi connectivity index (χ0) is 13.0. The van der Waals surface area contributed by atoms with Crippen molar-refractivity contribution < 1.29 is 14.3 Å².